The molecule has 0 radical (unpaired) electrons. The Morgan fingerprint density at radius 1 is 1.12 bits per heavy atom. The van der Waals surface area contributed by atoms with Gasteiger partial charge < -0.3 is 4.74 Å². The highest BCUT2D eigenvalue weighted by Crippen LogP contribution is 2.37. The molecular weight excluding hydrogens is 358 g/mol. The van der Waals surface area contributed by atoms with Crippen molar-refractivity contribution >= 4 is 62.5 Å². The molecule has 0 bridgehead atoms. The van der Waals surface area contributed by atoms with Crippen LogP contribution < -0.4 is 4.74 Å². The van der Waals surface area contributed by atoms with Gasteiger partial charge in [-0.1, -0.05) is 34.8 Å². The molecule has 0 amide bonds. The highest BCUT2D eigenvalue weighted by atomic mass is 79.9. The van der Waals surface area contributed by atoms with E-state index in [4.69, 9.17) is 39.5 Å². The normalized spacial score (nSPS) is 10.5. The van der Waals surface area contributed by atoms with E-state index in [1.165, 1.54) is 0 Å². The summed E-state index contributed by atoms with van der Waals surface area (Å²) in [6.45, 7) is 0. The fraction of sp³-hybridized carbons (Fsp3) is 0. The monoisotopic (exact) mass is 358 g/mol. The minimum absolute atomic E-state index is 0.195. The molecule has 0 aliphatic heterocycles. The summed E-state index contributed by atoms with van der Waals surface area (Å²) in [5.74, 6) is 0.594. The molecule has 1 aromatic heterocycles. The Hall–Kier alpha value is -0.0700. The summed E-state index contributed by atoms with van der Waals surface area (Å²) in [6.07, 6.45) is 0. The number of ether oxygens (including phenoxy) is 1. The number of hydrogen-bond acceptors (Lipinski definition) is 4. The molecule has 2 rings (SSSR count). The number of halogens is 4. The Bertz CT molecular complexity index is 534. The zero-order valence-corrected chi connectivity index (χ0v) is 12.0. The van der Waals surface area contributed by atoms with Crippen LogP contribution in [0.2, 0.25) is 15.2 Å². The maximum absolute atomic E-state index is 5.97. The molecule has 0 aliphatic carbocycles. The van der Waals surface area contributed by atoms with Gasteiger partial charge in [0, 0.05) is 10.5 Å². The lowest BCUT2D eigenvalue weighted by Gasteiger charge is -2.06. The van der Waals surface area contributed by atoms with Crippen molar-refractivity contribution in [3.05, 3.63) is 31.8 Å². The van der Waals surface area contributed by atoms with Gasteiger partial charge in [-0.25, -0.2) is 0 Å². The third-order valence-electron chi connectivity index (χ3n) is 1.60. The maximum Gasteiger partial charge on any atom is 0.270 e. The Morgan fingerprint density at radius 2 is 1.88 bits per heavy atom. The third kappa shape index (κ3) is 2.60. The summed E-state index contributed by atoms with van der Waals surface area (Å²) in [7, 11) is 0. The lowest BCUT2D eigenvalue weighted by Crippen LogP contribution is -1.86. The molecule has 84 valence electrons. The molecule has 0 N–H and O–H groups in total. The first-order chi connectivity index (χ1) is 7.58. The van der Waals surface area contributed by atoms with E-state index in [0.29, 0.717) is 20.3 Å². The van der Waals surface area contributed by atoms with Crippen LogP contribution in [0.5, 0.6) is 11.6 Å². The van der Waals surface area contributed by atoms with Gasteiger partial charge in [-0.3, -0.25) is 0 Å². The second-order valence-corrected chi connectivity index (χ2v) is 5.21. The molecule has 1 aromatic carbocycles. The zero-order chi connectivity index (χ0) is 11.7. The second kappa shape index (κ2) is 5.06. The Balaban J connectivity index is 2.35. The molecule has 0 fully saturated rings. The van der Waals surface area contributed by atoms with Crippen LogP contribution in [0, 0.1) is 0 Å². The van der Waals surface area contributed by atoms with E-state index < -0.39 is 0 Å². The van der Waals surface area contributed by atoms with E-state index in [0.717, 1.165) is 11.7 Å². The van der Waals surface area contributed by atoms with Gasteiger partial charge in [-0.05, 0) is 22.0 Å². The summed E-state index contributed by atoms with van der Waals surface area (Å²) < 4.78 is 13.7. The molecule has 8 heteroatoms. The third-order valence-corrected chi connectivity index (χ3v) is 3.95. The van der Waals surface area contributed by atoms with Gasteiger partial charge in [0.15, 0.2) is 0 Å². The highest BCUT2D eigenvalue weighted by Gasteiger charge is 2.12. The summed E-state index contributed by atoms with van der Waals surface area (Å²) >= 11 is 21.8. The largest absolute Gasteiger partial charge is 0.434 e. The minimum Gasteiger partial charge on any atom is -0.434 e. The van der Waals surface area contributed by atoms with Gasteiger partial charge in [0.2, 0.25) is 5.15 Å². The van der Waals surface area contributed by atoms with Gasteiger partial charge in [0.05, 0.1) is 21.8 Å². The Kier molecular flexibility index (Phi) is 3.92. The van der Waals surface area contributed by atoms with Crippen LogP contribution >= 0.6 is 62.5 Å². The number of aromatic nitrogens is 2. The molecule has 0 unspecified atom stereocenters. The molecule has 1 heterocycles. The van der Waals surface area contributed by atoms with Crippen molar-refractivity contribution in [2.45, 2.75) is 0 Å². The van der Waals surface area contributed by atoms with Crippen LogP contribution in [0.15, 0.2) is 16.6 Å². The van der Waals surface area contributed by atoms with Gasteiger partial charge in [-0.2, -0.15) is 4.37 Å². The number of rotatable bonds is 2. The van der Waals surface area contributed by atoms with Crippen LogP contribution in [0.25, 0.3) is 0 Å². The molecule has 0 spiro atoms. The van der Waals surface area contributed by atoms with Crippen molar-refractivity contribution in [3.8, 4) is 11.6 Å². The summed E-state index contributed by atoms with van der Waals surface area (Å²) in [5.41, 5.74) is 0. The first-order valence-corrected chi connectivity index (χ1v) is 6.54. The van der Waals surface area contributed by atoms with E-state index >= 15 is 0 Å². The molecular formula is C8H2BrCl3N2OS. The number of hydrogen-bond donors (Lipinski definition) is 0. The standard InChI is InChI=1S/C8H2BrCl3N2OS/c9-3-1-5(11)6(2-4(3)10)15-8-7(12)13-16-14-8/h1-2H. The quantitative estimate of drug-likeness (QED) is 0.703. The highest BCUT2D eigenvalue weighted by molar-refractivity contribution is 9.10. The number of nitrogens with zero attached hydrogens (tertiary/aromatic N) is 2. The lowest BCUT2D eigenvalue weighted by molar-refractivity contribution is 0.468. The molecule has 0 aliphatic rings. The SMILES string of the molecule is Clc1cc(Oc2nsnc2Cl)c(Cl)cc1Br. The van der Waals surface area contributed by atoms with Crippen molar-refractivity contribution in [2.75, 3.05) is 0 Å². The van der Waals surface area contributed by atoms with Crippen molar-refractivity contribution in [2.24, 2.45) is 0 Å². The van der Waals surface area contributed by atoms with Crippen LogP contribution in [0.4, 0.5) is 0 Å². The van der Waals surface area contributed by atoms with Crippen LogP contribution in [-0.4, -0.2) is 8.75 Å². The fourth-order valence-corrected chi connectivity index (χ4v) is 2.36. The molecule has 2 aromatic rings. The second-order valence-electron chi connectivity index (χ2n) is 2.66. The van der Waals surface area contributed by atoms with Gasteiger partial charge in [0.25, 0.3) is 5.88 Å². The van der Waals surface area contributed by atoms with Crippen LogP contribution in [0.3, 0.4) is 0 Å². The van der Waals surface area contributed by atoms with E-state index in [9.17, 15) is 0 Å². The topological polar surface area (TPSA) is 35.0 Å². The molecule has 0 atom stereocenters. The molecule has 16 heavy (non-hydrogen) atoms. The van der Waals surface area contributed by atoms with Gasteiger partial charge in [0.1, 0.15) is 5.75 Å². The average molecular weight is 360 g/mol. The summed E-state index contributed by atoms with van der Waals surface area (Å²) in [6, 6.07) is 3.20. The van der Waals surface area contributed by atoms with E-state index in [1.807, 2.05) is 0 Å². The first-order valence-electron chi connectivity index (χ1n) is 3.88. The van der Waals surface area contributed by atoms with Crippen LogP contribution in [-0.2, 0) is 0 Å². The Labute approximate surface area is 119 Å². The minimum atomic E-state index is 0.195. The van der Waals surface area contributed by atoms with E-state index in [2.05, 4.69) is 24.7 Å². The van der Waals surface area contributed by atoms with Crippen molar-refractivity contribution in [3.63, 3.8) is 0 Å². The molecule has 0 saturated carbocycles. The molecule has 3 nitrogen and oxygen atoms in total. The van der Waals surface area contributed by atoms with Gasteiger partial charge >= 0.3 is 0 Å². The summed E-state index contributed by atoms with van der Waals surface area (Å²) in [4.78, 5) is 0. The van der Waals surface area contributed by atoms with Gasteiger partial charge in [-0.15, -0.1) is 4.37 Å². The van der Waals surface area contributed by atoms with E-state index in [1.54, 1.807) is 12.1 Å². The number of benzene rings is 1. The van der Waals surface area contributed by atoms with Crippen molar-refractivity contribution < 1.29 is 4.74 Å². The zero-order valence-electron chi connectivity index (χ0n) is 7.38. The molecule has 0 saturated heterocycles. The fourth-order valence-electron chi connectivity index (χ4n) is 0.917. The summed E-state index contributed by atoms with van der Waals surface area (Å²) in [5, 5.41) is 1.08. The Morgan fingerprint density at radius 3 is 2.50 bits per heavy atom. The average Bonchev–Trinajstić information content (AvgIpc) is 2.61. The first kappa shape index (κ1) is 12.4. The van der Waals surface area contributed by atoms with Crippen molar-refractivity contribution in [1.29, 1.82) is 0 Å². The lowest BCUT2D eigenvalue weighted by atomic mass is 10.3. The smallest absolute Gasteiger partial charge is 0.270 e. The van der Waals surface area contributed by atoms with Crippen molar-refractivity contribution in [1.82, 2.24) is 8.75 Å². The predicted octanol–water partition coefficient (Wildman–Crippen LogP) is 5.05. The van der Waals surface area contributed by atoms with Crippen LogP contribution in [0.1, 0.15) is 0 Å². The maximum atomic E-state index is 5.97. The van der Waals surface area contributed by atoms with E-state index in [-0.39, 0.29) is 11.0 Å². The predicted molar refractivity (Wildman–Crippen MR) is 69.2 cm³/mol.